The van der Waals surface area contributed by atoms with Crippen molar-refractivity contribution in [1.29, 1.82) is 0 Å². The Labute approximate surface area is 123 Å². The van der Waals surface area contributed by atoms with Crippen molar-refractivity contribution in [3.63, 3.8) is 0 Å². The molecule has 7 heteroatoms. The summed E-state index contributed by atoms with van der Waals surface area (Å²) >= 11 is 0. The van der Waals surface area contributed by atoms with Crippen molar-refractivity contribution in [2.45, 2.75) is 45.3 Å². The molecule has 7 nitrogen and oxygen atoms in total. The molecule has 0 spiro atoms. The van der Waals surface area contributed by atoms with Gasteiger partial charge in [0.2, 0.25) is 5.89 Å². The highest BCUT2D eigenvalue weighted by atomic mass is 16.6. The second-order valence-electron chi connectivity index (χ2n) is 5.89. The number of methoxy groups -OCH3 is 1. The van der Waals surface area contributed by atoms with Gasteiger partial charge in [-0.25, -0.2) is 14.6 Å². The second-order valence-corrected chi connectivity index (χ2v) is 5.89. The number of aromatic nitrogens is 1. The van der Waals surface area contributed by atoms with Gasteiger partial charge in [-0.05, 0) is 33.6 Å². The van der Waals surface area contributed by atoms with Crippen LogP contribution in [0.5, 0.6) is 0 Å². The number of carbonyl (C=O) groups excluding carboxylic acids is 2. The van der Waals surface area contributed by atoms with Crippen LogP contribution in [0.3, 0.4) is 0 Å². The van der Waals surface area contributed by atoms with Gasteiger partial charge in [0.05, 0.1) is 7.11 Å². The summed E-state index contributed by atoms with van der Waals surface area (Å²) in [4.78, 5) is 29.3. The molecule has 116 valence electrons. The van der Waals surface area contributed by atoms with Crippen LogP contribution < -0.4 is 0 Å². The minimum Gasteiger partial charge on any atom is -0.464 e. The lowest BCUT2D eigenvalue weighted by Crippen LogP contribution is -2.36. The Kier molecular flexibility index (Phi) is 4.20. The molecule has 2 rings (SSSR count). The van der Waals surface area contributed by atoms with Crippen molar-refractivity contribution >= 4 is 12.1 Å². The zero-order valence-corrected chi connectivity index (χ0v) is 12.7. The molecule has 2 heterocycles. The van der Waals surface area contributed by atoms with Crippen LogP contribution in [0, 0.1) is 0 Å². The van der Waals surface area contributed by atoms with E-state index < -0.39 is 17.7 Å². The van der Waals surface area contributed by atoms with Crippen molar-refractivity contribution in [3.05, 3.63) is 17.8 Å². The molecular weight excluding hydrogens is 276 g/mol. The maximum absolute atomic E-state index is 12.2. The van der Waals surface area contributed by atoms with E-state index >= 15 is 0 Å². The molecule has 0 aromatic carbocycles. The van der Waals surface area contributed by atoms with Crippen LogP contribution in [-0.2, 0) is 9.47 Å². The average Bonchev–Trinajstić information content (AvgIpc) is 3.03. The first-order valence-electron chi connectivity index (χ1n) is 6.85. The van der Waals surface area contributed by atoms with Crippen LogP contribution in [0.15, 0.2) is 10.7 Å². The zero-order chi connectivity index (χ0) is 15.6. The van der Waals surface area contributed by atoms with Gasteiger partial charge in [0.15, 0.2) is 5.69 Å². The summed E-state index contributed by atoms with van der Waals surface area (Å²) in [6, 6.07) is -0.307. The van der Waals surface area contributed by atoms with Crippen molar-refractivity contribution in [2.24, 2.45) is 0 Å². The molecule has 1 saturated heterocycles. The molecule has 1 aromatic heterocycles. The van der Waals surface area contributed by atoms with Crippen LogP contribution in [0.4, 0.5) is 4.79 Å². The summed E-state index contributed by atoms with van der Waals surface area (Å²) in [6.45, 7) is 6.03. The van der Waals surface area contributed by atoms with E-state index in [2.05, 4.69) is 9.72 Å². The lowest BCUT2D eigenvalue weighted by atomic mass is 10.2. The Morgan fingerprint density at radius 2 is 2.14 bits per heavy atom. The number of amides is 1. The van der Waals surface area contributed by atoms with Crippen LogP contribution in [-0.4, -0.2) is 41.2 Å². The summed E-state index contributed by atoms with van der Waals surface area (Å²) in [5.41, 5.74) is -0.457. The molecule has 1 aliphatic rings. The van der Waals surface area contributed by atoms with E-state index in [9.17, 15) is 9.59 Å². The molecule has 0 saturated carbocycles. The number of nitrogens with zero attached hydrogens (tertiary/aromatic N) is 2. The van der Waals surface area contributed by atoms with E-state index in [0.717, 1.165) is 12.8 Å². The predicted octanol–water partition coefficient (Wildman–Crippen LogP) is 2.53. The Hall–Kier alpha value is -2.05. The summed E-state index contributed by atoms with van der Waals surface area (Å²) < 4.78 is 15.3. The van der Waals surface area contributed by atoms with Gasteiger partial charge in [-0.1, -0.05) is 0 Å². The Morgan fingerprint density at radius 1 is 1.43 bits per heavy atom. The van der Waals surface area contributed by atoms with Gasteiger partial charge in [-0.3, -0.25) is 4.90 Å². The molecule has 21 heavy (non-hydrogen) atoms. The maximum Gasteiger partial charge on any atom is 0.410 e. The number of hydrogen-bond acceptors (Lipinski definition) is 6. The first-order chi connectivity index (χ1) is 9.81. The summed E-state index contributed by atoms with van der Waals surface area (Å²) in [5, 5.41) is 0. The van der Waals surface area contributed by atoms with Gasteiger partial charge in [-0.2, -0.15) is 0 Å². The largest absolute Gasteiger partial charge is 0.464 e. The fourth-order valence-corrected chi connectivity index (χ4v) is 2.20. The summed E-state index contributed by atoms with van der Waals surface area (Å²) in [5.74, 6) is -0.231. The fraction of sp³-hybridized carbons (Fsp3) is 0.643. The highest BCUT2D eigenvalue weighted by Gasteiger charge is 2.36. The topological polar surface area (TPSA) is 81.9 Å². The lowest BCUT2D eigenvalue weighted by molar-refractivity contribution is 0.0204. The van der Waals surface area contributed by atoms with Crippen molar-refractivity contribution in [2.75, 3.05) is 13.7 Å². The maximum atomic E-state index is 12.2. The van der Waals surface area contributed by atoms with E-state index in [1.165, 1.54) is 13.4 Å². The van der Waals surface area contributed by atoms with Crippen molar-refractivity contribution in [1.82, 2.24) is 9.88 Å². The van der Waals surface area contributed by atoms with Crippen LogP contribution >= 0.6 is 0 Å². The monoisotopic (exact) mass is 296 g/mol. The highest BCUT2D eigenvalue weighted by Crippen LogP contribution is 2.32. The number of carbonyl (C=O) groups is 2. The average molecular weight is 296 g/mol. The first-order valence-corrected chi connectivity index (χ1v) is 6.85. The lowest BCUT2D eigenvalue weighted by Gasteiger charge is -2.27. The minimum atomic E-state index is -0.563. The van der Waals surface area contributed by atoms with Crippen molar-refractivity contribution in [3.8, 4) is 0 Å². The van der Waals surface area contributed by atoms with Crippen molar-refractivity contribution < 1.29 is 23.5 Å². The van der Waals surface area contributed by atoms with E-state index in [1.54, 1.807) is 4.90 Å². The molecule has 0 bridgehead atoms. The number of oxazole rings is 1. The van der Waals surface area contributed by atoms with E-state index in [1.807, 2.05) is 20.8 Å². The number of esters is 1. The SMILES string of the molecule is COC(=O)c1coc(C2CCCN2C(=O)OC(C)(C)C)n1. The molecule has 1 atom stereocenters. The standard InChI is InChI=1S/C14H20N2O5/c1-14(2,3)21-13(18)16-7-5-6-10(16)11-15-9(8-20-11)12(17)19-4/h8,10H,5-7H2,1-4H3. The van der Waals surface area contributed by atoms with Gasteiger partial charge < -0.3 is 13.9 Å². The second kappa shape index (κ2) is 5.75. The predicted molar refractivity (Wildman–Crippen MR) is 72.8 cm³/mol. The minimum absolute atomic E-state index is 0.100. The van der Waals surface area contributed by atoms with E-state index in [-0.39, 0.29) is 11.7 Å². The first kappa shape index (κ1) is 15.3. The highest BCUT2D eigenvalue weighted by molar-refractivity contribution is 5.86. The summed E-state index contributed by atoms with van der Waals surface area (Å²) in [6.07, 6.45) is 2.40. The van der Waals surface area contributed by atoms with E-state index in [4.69, 9.17) is 9.15 Å². The third-order valence-electron chi connectivity index (χ3n) is 3.08. The fourth-order valence-electron chi connectivity index (χ4n) is 2.20. The zero-order valence-electron chi connectivity index (χ0n) is 12.7. The Balaban J connectivity index is 2.13. The third kappa shape index (κ3) is 3.53. The van der Waals surface area contributed by atoms with Gasteiger partial charge in [0.1, 0.15) is 17.9 Å². The molecule has 1 fully saturated rings. The van der Waals surface area contributed by atoms with E-state index in [0.29, 0.717) is 12.4 Å². The van der Waals surface area contributed by atoms with Gasteiger partial charge in [0.25, 0.3) is 0 Å². The molecular formula is C14H20N2O5. The van der Waals surface area contributed by atoms with Crippen LogP contribution in [0.1, 0.15) is 56.0 Å². The Morgan fingerprint density at radius 3 is 2.76 bits per heavy atom. The molecule has 1 aromatic rings. The smallest absolute Gasteiger partial charge is 0.410 e. The van der Waals surface area contributed by atoms with Gasteiger partial charge >= 0.3 is 12.1 Å². The molecule has 1 unspecified atom stereocenters. The van der Waals surface area contributed by atoms with Gasteiger partial charge in [0, 0.05) is 6.54 Å². The summed E-state index contributed by atoms with van der Waals surface area (Å²) in [7, 11) is 1.28. The molecule has 0 N–H and O–H groups in total. The molecule has 1 aliphatic heterocycles. The van der Waals surface area contributed by atoms with Gasteiger partial charge in [-0.15, -0.1) is 0 Å². The number of rotatable bonds is 2. The molecule has 0 radical (unpaired) electrons. The molecule has 1 amide bonds. The normalized spacial score (nSPS) is 18.7. The number of ether oxygens (including phenoxy) is 2. The quantitative estimate of drug-likeness (QED) is 0.780. The third-order valence-corrected chi connectivity index (χ3v) is 3.08. The number of likely N-dealkylation sites (tertiary alicyclic amines) is 1. The molecule has 0 aliphatic carbocycles. The van der Waals surface area contributed by atoms with Crippen LogP contribution in [0.2, 0.25) is 0 Å². The number of hydrogen-bond donors (Lipinski definition) is 0. The Bertz CT molecular complexity index is 532. The van der Waals surface area contributed by atoms with Crippen LogP contribution in [0.25, 0.3) is 0 Å².